The van der Waals surface area contributed by atoms with Crippen LogP contribution in [0.4, 0.5) is 0 Å². The zero-order valence-corrected chi connectivity index (χ0v) is 62.2. The number of benzene rings is 1. The number of hydrogen-bond acceptors (Lipinski definition) is 17. The van der Waals surface area contributed by atoms with E-state index < -0.39 is 121 Å². The predicted molar refractivity (Wildman–Crippen MR) is 352 cm³/mol. The van der Waals surface area contributed by atoms with E-state index in [2.05, 4.69) is 106 Å². The molecule has 18 nitrogen and oxygen atoms in total. The third-order valence-electron chi connectivity index (χ3n) is 19.4. The fourth-order valence-electron chi connectivity index (χ4n) is 12.4. The number of ether oxygens (including phenoxy) is 13. The normalized spacial score (nSPS) is 31.6. The number of carbonyl (C=O) groups excluding carboxylic acids is 1. The van der Waals surface area contributed by atoms with E-state index in [9.17, 15) is 4.79 Å². The molecule has 6 fully saturated rings. The Kier molecular flexibility index (Phi) is 24.5. The number of nitrogens with zero attached hydrogens (tertiary/aromatic N) is 1. The standard InChI is InChI=1S/C68H119NO17Si3/c1-44(31-34-55(70)69(17)71-18)37-49-47(41-75-65(9,10)78-49)57-59-52(79-66(11,12)82-59)38-50(76-57)48(85-88(22,23)63(3,4)5)33-32-45(2)56(86-89(24,25)64(6,7)8)58(74-43-72-35-36-87(19,20)21)51-39-53-60(83-67(13,14)80-53)62(77-51)61-54(81-68(15,16)84-61)42-73-40-46-29-27-26-28-30-46/h26-30,37,47-54,56-62H,2,31-36,38-43H2,1,3-25H3/b44-37+/t47-,48-,49+,50-,51-,52-,53-,54-,56-,57+,58+,59-,60-,61+,62-/m1/s1. The van der Waals surface area contributed by atoms with Gasteiger partial charge in [0.2, 0.25) is 5.91 Å². The van der Waals surface area contributed by atoms with Crippen molar-refractivity contribution >= 4 is 30.6 Å². The van der Waals surface area contributed by atoms with E-state index in [1.807, 2.05) is 80.5 Å². The molecule has 1 aromatic rings. The molecule has 0 N–H and O–H groups in total. The smallest absolute Gasteiger partial charge is 0.246 e. The van der Waals surface area contributed by atoms with Gasteiger partial charge in [0, 0.05) is 46.9 Å². The van der Waals surface area contributed by atoms with Crippen molar-refractivity contribution in [3.63, 3.8) is 0 Å². The maximum absolute atomic E-state index is 12.9. The van der Waals surface area contributed by atoms with Gasteiger partial charge in [0.1, 0.15) is 43.4 Å². The summed E-state index contributed by atoms with van der Waals surface area (Å²) in [5.41, 5.74) is 2.93. The topological polar surface area (TPSA) is 168 Å². The van der Waals surface area contributed by atoms with Crippen molar-refractivity contribution < 1.29 is 80.1 Å². The highest BCUT2D eigenvalue weighted by molar-refractivity contribution is 6.76. The van der Waals surface area contributed by atoms with Gasteiger partial charge >= 0.3 is 0 Å². The zero-order valence-electron chi connectivity index (χ0n) is 59.2. The third kappa shape index (κ3) is 20.1. The molecule has 0 unspecified atom stereocenters. The molecule has 0 bridgehead atoms. The first kappa shape index (κ1) is 74.6. The Hall–Kier alpha value is -1.82. The van der Waals surface area contributed by atoms with E-state index in [1.54, 1.807) is 7.05 Å². The average molecular weight is 1310 g/mol. The number of hydrogen-bond donors (Lipinski definition) is 0. The summed E-state index contributed by atoms with van der Waals surface area (Å²) < 4.78 is 105. The van der Waals surface area contributed by atoms with Crippen LogP contribution in [0.1, 0.15) is 148 Å². The SMILES string of the molecule is C=C(CC[C@@H](O[Si](C)(C)C(C)(C)C)[C@H]1C[C@H]2OC(C)(C)O[C@H]2[C@H]([C@@H]2COC(C)(C)O[C@H]2/C=C(\C)CCC(=O)N(C)OC)O1)[C@@H](O[Si](C)(C)C(C)(C)C)[C@@H](OCOCC[Si](C)(C)C)[C@H]1C[C@H]2OC(C)(C)O[C@H]2[C@H]([C@H]2OC(C)(C)O[C@@H]2COCc2ccccc2)O1. The maximum Gasteiger partial charge on any atom is 0.246 e. The lowest BCUT2D eigenvalue weighted by atomic mass is 9.83. The molecule has 0 aliphatic carbocycles. The Morgan fingerprint density at radius 2 is 1.26 bits per heavy atom. The van der Waals surface area contributed by atoms with Crippen LogP contribution < -0.4 is 0 Å². The van der Waals surface area contributed by atoms with Gasteiger partial charge in [-0.3, -0.25) is 9.63 Å². The lowest BCUT2D eigenvalue weighted by molar-refractivity contribution is -0.307. The fourth-order valence-corrected chi connectivity index (χ4v) is 15.8. The van der Waals surface area contributed by atoms with Crippen LogP contribution in [-0.2, 0) is 86.7 Å². The van der Waals surface area contributed by atoms with Crippen molar-refractivity contribution in [2.24, 2.45) is 5.92 Å². The number of fused-ring (bicyclic) bond motifs is 2. The molecular weight excluding hydrogens is 1190 g/mol. The van der Waals surface area contributed by atoms with Gasteiger partial charge in [0.15, 0.2) is 39.8 Å². The van der Waals surface area contributed by atoms with Crippen LogP contribution in [0.3, 0.4) is 0 Å². The summed E-state index contributed by atoms with van der Waals surface area (Å²) in [6.45, 7) is 54.0. The van der Waals surface area contributed by atoms with Gasteiger partial charge in [-0.2, -0.15) is 0 Å². The summed E-state index contributed by atoms with van der Waals surface area (Å²) in [7, 11) is -3.49. The highest BCUT2D eigenvalue weighted by atomic mass is 28.4. The van der Waals surface area contributed by atoms with Gasteiger partial charge in [-0.1, -0.05) is 110 Å². The first-order valence-electron chi connectivity index (χ1n) is 33.0. The molecule has 6 aliphatic rings. The van der Waals surface area contributed by atoms with E-state index in [-0.39, 0.29) is 53.9 Å². The molecular formula is C68H119NO17Si3. The van der Waals surface area contributed by atoms with Crippen LogP contribution in [0.15, 0.2) is 54.1 Å². The molecule has 7 rings (SSSR count). The Bertz CT molecular complexity index is 2490. The minimum Gasteiger partial charge on any atom is -0.411 e. The predicted octanol–water partition coefficient (Wildman–Crippen LogP) is 13.4. The number of amides is 1. The van der Waals surface area contributed by atoms with Crippen LogP contribution in [-0.4, -0.2) is 185 Å². The Morgan fingerprint density at radius 1 is 0.697 bits per heavy atom. The van der Waals surface area contributed by atoms with Crippen molar-refractivity contribution in [2.75, 3.05) is 40.8 Å². The van der Waals surface area contributed by atoms with E-state index >= 15 is 0 Å². The largest absolute Gasteiger partial charge is 0.411 e. The van der Waals surface area contributed by atoms with Crippen molar-refractivity contribution in [1.29, 1.82) is 0 Å². The molecule has 6 heterocycles. The second-order valence-electron chi connectivity index (χ2n) is 32.1. The lowest BCUT2D eigenvalue weighted by Gasteiger charge is -2.49. The fraction of sp³-hybridized carbons (Fsp3) is 0.838. The van der Waals surface area contributed by atoms with E-state index in [1.165, 1.54) is 12.2 Å². The van der Waals surface area contributed by atoms with Crippen LogP contribution in [0.2, 0.25) is 61.9 Å². The lowest BCUT2D eigenvalue weighted by Crippen LogP contribution is -2.60. The Morgan fingerprint density at radius 3 is 1.85 bits per heavy atom. The van der Waals surface area contributed by atoms with Crippen molar-refractivity contribution in [2.45, 2.75) is 320 Å². The molecule has 6 aliphatic heterocycles. The van der Waals surface area contributed by atoms with Gasteiger partial charge in [0.25, 0.3) is 0 Å². The molecule has 510 valence electrons. The molecule has 1 amide bonds. The van der Waals surface area contributed by atoms with Gasteiger partial charge < -0.3 is 70.4 Å². The number of allylic oxidation sites excluding steroid dienone is 1. The molecule has 0 radical (unpaired) electrons. The molecule has 15 atom stereocenters. The van der Waals surface area contributed by atoms with Gasteiger partial charge in [-0.15, -0.1) is 0 Å². The quantitative estimate of drug-likeness (QED) is 0.0255. The Labute approximate surface area is 539 Å². The first-order valence-corrected chi connectivity index (χ1v) is 42.5. The van der Waals surface area contributed by atoms with Crippen LogP contribution in [0, 0.1) is 5.92 Å². The summed E-state index contributed by atoms with van der Waals surface area (Å²) in [4.78, 5) is 18.1. The summed E-state index contributed by atoms with van der Waals surface area (Å²) in [6, 6.07) is 11.1. The van der Waals surface area contributed by atoms with Gasteiger partial charge in [0.05, 0.1) is 75.8 Å². The summed E-state index contributed by atoms with van der Waals surface area (Å²) >= 11 is 0. The van der Waals surface area contributed by atoms with Crippen molar-refractivity contribution in [3.8, 4) is 0 Å². The van der Waals surface area contributed by atoms with Crippen molar-refractivity contribution in [3.05, 3.63) is 59.7 Å². The minimum atomic E-state index is -2.64. The number of hydroxylamine groups is 2. The summed E-state index contributed by atoms with van der Waals surface area (Å²) in [5.74, 6) is -4.02. The molecule has 0 saturated carbocycles. The Balaban J connectivity index is 1.25. The van der Waals surface area contributed by atoms with Crippen LogP contribution in [0.5, 0.6) is 0 Å². The molecule has 6 saturated heterocycles. The van der Waals surface area contributed by atoms with Gasteiger partial charge in [-0.05, 0) is 135 Å². The monoisotopic (exact) mass is 1310 g/mol. The second kappa shape index (κ2) is 29.3. The maximum atomic E-state index is 12.9. The summed E-state index contributed by atoms with van der Waals surface area (Å²) in [5, 5.41) is 0.933. The van der Waals surface area contributed by atoms with E-state index in [4.69, 9.17) is 81.8 Å². The number of carbonyl (C=O) groups is 1. The van der Waals surface area contributed by atoms with E-state index in [0.29, 0.717) is 51.9 Å². The molecule has 89 heavy (non-hydrogen) atoms. The van der Waals surface area contributed by atoms with Gasteiger partial charge in [-0.25, -0.2) is 5.06 Å². The molecule has 0 spiro atoms. The minimum absolute atomic E-state index is 0.0213. The zero-order chi connectivity index (χ0) is 66.1. The molecule has 21 heteroatoms. The third-order valence-corrected chi connectivity index (χ3v) is 30.0. The first-order chi connectivity index (χ1) is 41.0. The van der Waals surface area contributed by atoms with E-state index in [0.717, 1.165) is 22.8 Å². The van der Waals surface area contributed by atoms with Crippen molar-refractivity contribution in [1.82, 2.24) is 5.06 Å². The highest BCUT2D eigenvalue weighted by Crippen LogP contribution is 2.49. The number of rotatable bonds is 28. The van der Waals surface area contributed by atoms with Crippen LogP contribution in [0.25, 0.3) is 0 Å². The highest BCUT2D eigenvalue weighted by Gasteiger charge is 2.60. The second-order valence-corrected chi connectivity index (χ2v) is 47.2. The van der Waals surface area contributed by atoms with Crippen LogP contribution >= 0.6 is 0 Å². The average Bonchev–Trinajstić information content (AvgIpc) is 1.70. The molecule has 0 aromatic heterocycles. The summed E-state index contributed by atoms with van der Waals surface area (Å²) in [6.07, 6.45) is -2.15. The molecule has 1 aromatic carbocycles.